The van der Waals surface area contributed by atoms with E-state index >= 15 is 0 Å². The molecule has 23 heavy (non-hydrogen) atoms. The van der Waals surface area contributed by atoms with Crippen LogP contribution < -0.4 is 4.74 Å². The van der Waals surface area contributed by atoms with E-state index in [2.05, 4.69) is 0 Å². The maximum atomic E-state index is 12.3. The van der Waals surface area contributed by atoms with Crippen molar-refractivity contribution in [1.29, 1.82) is 0 Å². The second kappa shape index (κ2) is 6.71. The van der Waals surface area contributed by atoms with E-state index in [0.29, 0.717) is 22.6 Å². The van der Waals surface area contributed by atoms with Crippen LogP contribution in [0.1, 0.15) is 20.7 Å². The zero-order valence-corrected chi connectivity index (χ0v) is 12.3. The molecular formula is C20H14O3. The Hall–Kier alpha value is -3.20. The fourth-order valence-electron chi connectivity index (χ4n) is 2.18. The zero-order valence-electron chi connectivity index (χ0n) is 12.3. The lowest BCUT2D eigenvalue weighted by molar-refractivity contribution is 0.0817. The summed E-state index contributed by atoms with van der Waals surface area (Å²) < 4.78 is 5.69. The first-order chi connectivity index (χ1) is 11.2. The van der Waals surface area contributed by atoms with Crippen molar-refractivity contribution in [2.24, 2.45) is 0 Å². The molecule has 0 bridgehead atoms. The molecule has 0 saturated heterocycles. The molecule has 112 valence electrons. The molecule has 0 aliphatic carbocycles. The average molecular weight is 302 g/mol. The SMILES string of the molecule is O=C(C(=O)c1cccc(Oc2ccccc2)c1)c1ccccc1. The minimum absolute atomic E-state index is 0.312. The van der Waals surface area contributed by atoms with Gasteiger partial charge in [0.1, 0.15) is 11.5 Å². The molecule has 0 atom stereocenters. The smallest absolute Gasteiger partial charge is 0.233 e. The number of ether oxygens (including phenoxy) is 1. The molecule has 3 aromatic carbocycles. The van der Waals surface area contributed by atoms with Gasteiger partial charge in [-0.25, -0.2) is 0 Å². The van der Waals surface area contributed by atoms with Crippen LogP contribution in [0.25, 0.3) is 0 Å². The summed E-state index contributed by atoms with van der Waals surface area (Å²) >= 11 is 0. The van der Waals surface area contributed by atoms with Gasteiger partial charge in [0.2, 0.25) is 11.6 Å². The lowest BCUT2D eigenvalue weighted by Crippen LogP contribution is -2.14. The van der Waals surface area contributed by atoms with Crippen molar-refractivity contribution in [1.82, 2.24) is 0 Å². The highest BCUT2D eigenvalue weighted by atomic mass is 16.5. The number of hydrogen-bond acceptors (Lipinski definition) is 3. The predicted octanol–water partition coefficient (Wildman–Crippen LogP) is 4.54. The highest BCUT2D eigenvalue weighted by Gasteiger charge is 2.18. The molecule has 3 heteroatoms. The van der Waals surface area contributed by atoms with E-state index in [9.17, 15) is 9.59 Å². The summed E-state index contributed by atoms with van der Waals surface area (Å²) in [5.41, 5.74) is 0.694. The van der Waals surface area contributed by atoms with E-state index in [4.69, 9.17) is 4.74 Å². The summed E-state index contributed by atoms with van der Waals surface area (Å²) in [6.45, 7) is 0. The quantitative estimate of drug-likeness (QED) is 0.513. The predicted molar refractivity (Wildman–Crippen MR) is 88.1 cm³/mol. The lowest BCUT2D eigenvalue weighted by Gasteiger charge is -2.07. The molecule has 0 N–H and O–H groups in total. The Morgan fingerprint density at radius 1 is 0.565 bits per heavy atom. The van der Waals surface area contributed by atoms with Crippen LogP contribution in [0, 0.1) is 0 Å². The molecule has 0 aliphatic heterocycles. The topological polar surface area (TPSA) is 43.4 Å². The van der Waals surface area contributed by atoms with Crippen LogP contribution in [0.3, 0.4) is 0 Å². The van der Waals surface area contributed by atoms with Gasteiger partial charge in [0.05, 0.1) is 0 Å². The molecule has 0 fully saturated rings. The molecular weight excluding hydrogens is 288 g/mol. The van der Waals surface area contributed by atoms with Crippen molar-refractivity contribution < 1.29 is 14.3 Å². The van der Waals surface area contributed by atoms with E-state index in [1.54, 1.807) is 54.6 Å². The Morgan fingerprint density at radius 2 is 1.09 bits per heavy atom. The van der Waals surface area contributed by atoms with Crippen molar-refractivity contribution in [2.45, 2.75) is 0 Å². The minimum atomic E-state index is -0.547. The Bertz CT molecular complexity index is 824. The van der Waals surface area contributed by atoms with Gasteiger partial charge in [-0.05, 0) is 24.3 Å². The Morgan fingerprint density at radius 3 is 1.78 bits per heavy atom. The summed E-state index contributed by atoms with van der Waals surface area (Å²) in [4.78, 5) is 24.6. The first-order valence-electron chi connectivity index (χ1n) is 7.21. The van der Waals surface area contributed by atoms with E-state index < -0.39 is 11.6 Å². The highest BCUT2D eigenvalue weighted by Crippen LogP contribution is 2.22. The largest absolute Gasteiger partial charge is 0.457 e. The lowest BCUT2D eigenvalue weighted by atomic mass is 10.0. The van der Waals surface area contributed by atoms with Crippen LogP contribution in [0.2, 0.25) is 0 Å². The van der Waals surface area contributed by atoms with Crippen LogP contribution in [-0.2, 0) is 0 Å². The van der Waals surface area contributed by atoms with Gasteiger partial charge in [0.25, 0.3) is 0 Å². The first-order valence-corrected chi connectivity index (χ1v) is 7.21. The van der Waals surface area contributed by atoms with E-state index in [1.807, 2.05) is 30.3 Å². The van der Waals surface area contributed by atoms with Gasteiger partial charge in [0.15, 0.2) is 0 Å². The maximum absolute atomic E-state index is 12.3. The van der Waals surface area contributed by atoms with Crippen LogP contribution in [0.5, 0.6) is 11.5 Å². The van der Waals surface area contributed by atoms with Gasteiger partial charge in [-0.2, -0.15) is 0 Å². The number of ketones is 2. The van der Waals surface area contributed by atoms with E-state index in [0.717, 1.165) is 0 Å². The zero-order chi connectivity index (χ0) is 16.1. The number of carbonyl (C=O) groups excluding carboxylic acids is 2. The Labute approximate surface area is 134 Å². The van der Waals surface area contributed by atoms with Crippen LogP contribution in [0.4, 0.5) is 0 Å². The molecule has 0 unspecified atom stereocenters. The number of benzene rings is 3. The molecule has 3 aromatic rings. The second-order valence-corrected chi connectivity index (χ2v) is 4.97. The van der Waals surface area contributed by atoms with E-state index in [-0.39, 0.29) is 0 Å². The van der Waals surface area contributed by atoms with Crippen LogP contribution in [-0.4, -0.2) is 11.6 Å². The minimum Gasteiger partial charge on any atom is -0.457 e. The van der Waals surface area contributed by atoms with Crippen molar-refractivity contribution in [3.8, 4) is 11.5 Å². The molecule has 3 nitrogen and oxygen atoms in total. The molecule has 0 amide bonds. The van der Waals surface area contributed by atoms with Gasteiger partial charge in [0, 0.05) is 11.1 Å². The number of carbonyl (C=O) groups is 2. The summed E-state index contributed by atoms with van der Waals surface area (Å²) in [5, 5.41) is 0. The van der Waals surface area contributed by atoms with Crippen molar-refractivity contribution in [2.75, 3.05) is 0 Å². The van der Waals surface area contributed by atoms with Crippen LogP contribution >= 0.6 is 0 Å². The number of para-hydroxylation sites is 1. The molecule has 0 radical (unpaired) electrons. The van der Waals surface area contributed by atoms with E-state index in [1.165, 1.54) is 0 Å². The number of rotatable bonds is 5. The van der Waals surface area contributed by atoms with Crippen molar-refractivity contribution >= 4 is 11.6 Å². The molecule has 3 rings (SSSR count). The summed E-state index contributed by atoms with van der Waals surface area (Å²) in [6, 6.07) is 24.4. The highest BCUT2D eigenvalue weighted by molar-refractivity contribution is 6.49. The molecule has 0 saturated carbocycles. The Kier molecular flexibility index (Phi) is 4.29. The average Bonchev–Trinajstić information content (AvgIpc) is 2.62. The monoisotopic (exact) mass is 302 g/mol. The van der Waals surface area contributed by atoms with Gasteiger partial charge in [-0.1, -0.05) is 60.7 Å². The first kappa shape index (κ1) is 14.7. The normalized spacial score (nSPS) is 10.1. The van der Waals surface area contributed by atoms with Crippen molar-refractivity contribution in [3.05, 3.63) is 96.1 Å². The molecule has 0 aromatic heterocycles. The number of hydrogen-bond donors (Lipinski definition) is 0. The molecule has 0 heterocycles. The Balaban J connectivity index is 1.82. The number of Topliss-reactive ketones (excluding diaryl/α,β-unsaturated/α-hetero) is 2. The maximum Gasteiger partial charge on any atom is 0.233 e. The molecule has 0 aliphatic rings. The third-order valence-electron chi connectivity index (χ3n) is 3.32. The standard InChI is InChI=1S/C20H14O3/c21-19(15-8-3-1-4-9-15)20(22)16-10-7-13-18(14-16)23-17-11-5-2-6-12-17/h1-14H. The van der Waals surface area contributed by atoms with Gasteiger partial charge < -0.3 is 4.74 Å². The fraction of sp³-hybridized carbons (Fsp3) is 0. The summed E-state index contributed by atoms with van der Waals surface area (Å²) in [7, 11) is 0. The van der Waals surface area contributed by atoms with Gasteiger partial charge >= 0.3 is 0 Å². The summed E-state index contributed by atoms with van der Waals surface area (Å²) in [5.74, 6) is 0.117. The second-order valence-electron chi connectivity index (χ2n) is 4.97. The molecule has 0 spiro atoms. The third kappa shape index (κ3) is 3.52. The summed E-state index contributed by atoms with van der Waals surface area (Å²) in [6.07, 6.45) is 0. The third-order valence-corrected chi connectivity index (χ3v) is 3.32. The van der Waals surface area contributed by atoms with Gasteiger partial charge in [-0.15, -0.1) is 0 Å². The fourth-order valence-corrected chi connectivity index (χ4v) is 2.18. The van der Waals surface area contributed by atoms with Crippen LogP contribution in [0.15, 0.2) is 84.9 Å². The van der Waals surface area contributed by atoms with Gasteiger partial charge in [-0.3, -0.25) is 9.59 Å². The van der Waals surface area contributed by atoms with Crippen molar-refractivity contribution in [3.63, 3.8) is 0 Å².